The van der Waals surface area contributed by atoms with Gasteiger partial charge in [0.2, 0.25) is 5.89 Å². The lowest BCUT2D eigenvalue weighted by Gasteiger charge is -2.25. The molecule has 0 aliphatic heterocycles. The van der Waals surface area contributed by atoms with Crippen molar-refractivity contribution >= 4 is 0 Å². The zero-order chi connectivity index (χ0) is 13.5. The van der Waals surface area contributed by atoms with Crippen molar-refractivity contribution in [3.8, 4) is 0 Å². The molecule has 1 aromatic heterocycles. The summed E-state index contributed by atoms with van der Waals surface area (Å²) in [6.07, 6.45) is 10.3. The Hall–Kier alpha value is -0.900. The van der Waals surface area contributed by atoms with E-state index in [4.69, 9.17) is 9.51 Å². The topological polar surface area (TPSA) is 51.0 Å². The number of rotatable bonds is 3. The molecule has 4 nitrogen and oxygen atoms in total. The van der Waals surface area contributed by atoms with E-state index in [0.29, 0.717) is 17.9 Å². The first kappa shape index (κ1) is 12.8. The van der Waals surface area contributed by atoms with Gasteiger partial charge in [-0.15, -0.1) is 0 Å². The minimum Gasteiger partial charge on any atom is -0.339 e. The number of aromatic nitrogens is 2. The van der Waals surface area contributed by atoms with Crippen LogP contribution in [0.15, 0.2) is 4.52 Å². The summed E-state index contributed by atoms with van der Waals surface area (Å²) in [6, 6.07) is 0.680. The van der Waals surface area contributed by atoms with Crippen LogP contribution in [-0.4, -0.2) is 23.2 Å². The highest BCUT2D eigenvalue weighted by Crippen LogP contribution is 2.52. The van der Waals surface area contributed by atoms with E-state index in [1.807, 2.05) is 0 Å². The highest BCUT2D eigenvalue weighted by molar-refractivity contribution is 5.08. The maximum absolute atomic E-state index is 5.61. The molecule has 0 amide bonds. The third-order valence-corrected chi connectivity index (χ3v) is 6.01. The van der Waals surface area contributed by atoms with Crippen LogP contribution in [0.4, 0.5) is 0 Å². The van der Waals surface area contributed by atoms with Gasteiger partial charge in [-0.2, -0.15) is 4.98 Å². The largest absolute Gasteiger partial charge is 0.339 e. The van der Waals surface area contributed by atoms with Gasteiger partial charge < -0.3 is 9.84 Å². The molecule has 3 atom stereocenters. The molecule has 0 saturated heterocycles. The summed E-state index contributed by atoms with van der Waals surface area (Å²) in [6.45, 7) is 0. The third kappa shape index (κ3) is 2.18. The van der Waals surface area contributed by atoms with Crippen LogP contribution < -0.4 is 5.32 Å². The Balaban J connectivity index is 1.43. The lowest BCUT2D eigenvalue weighted by atomic mass is 9.86. The Morgan fingerprint density at radius 3 is 2.55 bits per heavy atom. The fourth-order valence-electron chi connectivity index (χ4n) is 4.75. The Bertz CT molecular complexity index is 464. The minimum absolute atomic E-state index is 0.499. The maximum Gasteiger partial charge on any atom is 0.229 e. The highest BCUT2D eigenvalue weighted by Gasteiger charge is 2.42. The Kier molecular flexibility index (Phi) is 3.29. The smallest absolute Gasteiger partial charge is 0.229 e. The van der Waals surface area contributed by atoms with Crippen molar-refractivity contribution in [2.75, 3.05) is 7.05 Å². The van der Waals surface area contributed by atoms with Crippen molar-refractivity contribution in [1.82, 2.24) is 15.5 Å². The molecule has 3 unspecified atom stereocenters. The molecular weight excluding hydrogens is 250 g/mol. The number of nitrogens with one attached hydrogen (secondary N) is 1. The molecule has 0 aromatic carbocycles. The lowest BCUT2D eigenvalue weighted by Crippen LogP contribution is -2.29. The summed E-state index contributed by atoms with van der Waals surface area (Å²) >= 11 is 0. The van der Waals surface area contributed by atoms with E-state index in [-0.39, 0.29) is 0 Å². The van der Waals surface area contributed by atoms with Gasteiger partial charge in [0.05, 0.1) is 0 Å². The second-order valence-corrected chi connectivity index (χ2v) is 7.11. The van der Waals surface area contributed by atoms with Crippen molar-refractivity contribution in [2.24, 2.45) is 11.8 Å². The lowest BCUT2D eigenvalue weighted by molar-refractivity contribution is 0.285. The second kappa shape index (κ2) is 5.14. The zero-order valence-electron chi connectivity index (χ0n) is 12.3. The van der Waals surface area contributed by atoms with Crippen LogP contribution in [-0.2, 0) is 0 Å². The van der Waals surface area contributed by atoms with Crippen molar-refractivity contribution in [3.63, 3.8) is 0 Å². The van der Waals surface area contributed by atoms with E-state index in [2.05, 4.69) is 17.5 Å². The summed E-state index contributed by atoms with van der Waals surface area (Å²) in [5.41, 5.74) is 0. The molecule has 110 valence electrons. The predicted molar refractivity (Wildman–Crippen MR) is 76.5 cm³/mol. The third-order valence-electron chi connectivity index (χ3n) is 6.01. The number of nitrogens with zero attached hydrogens (tertiary/aromatic N) is 2. The highest BCUT2D eigenvalue weighted by atomic mass is 16.5. The van der Waals surface area contributed by atoms with E-state index in [1.165, 1.54) is 51.4 Å². The van der Waals surface area contributed by atoms with Gasteiger partial charge in [-0.05, 0) is 63.8 Å². The van der Waals surface area contributed by atoms with E-state index < -0.39 is 0 Å². The van der Waals surface area contributed by atoms with Gasteiger partial charge in [-0.1, -0.05) is 11.6 Å². The SMILES string of the molecule is CNC1CCC(c2nc(C3CC4CCC3C4)no2)CC1. The van der Waals surface area contributed by atoms with E-state index >= 15 is 0 Å². The average molecular weight is 275 g/mol. The van der Waals surface area contributed by atoms with Gasteiger partial charge in [-0.25, -0.2) is 0 Å². The minimum atomic E-state index is 0.499. The normalized spacial score (nSPS) is 40.4. The van der Waals surface area contributed by atoms with Gasteiger partial charge in [0.25, 0.3) is 0 Å². The van der Waals surface area contributed by atoms with Gasteiger partial charge in [0.1, 0.15) is 0 Å². The van der Waals surface area contributed by atoms with Crippen molar-refractivity contribution < 1.29 is 4.52 Å². The number of hydrogen-bond acceptors (Lipinski definition) is 4. The fourth-order valence-corrected chi connectivity index (χ4v) is 4.75. The number of hydrogen-bond donors (Lipinski definition) is 1. The molecular formula is C16H25N3O. The van der Waals surface area contributed by atoms with Crippen LogP contribution in [0.1, 0.15) is 74.9 Å². The Morgan fingerprint density at radius 2 is 1.90 bits per heavy atom. The summed E-state index contributed by atoms with van der Waals surface area (Å²) in [5, 5.41) is 7.71. The molecule has 0 spiro atoms. The first-order valence-electron chi connectivity index (χ1n) is 8.34. The van der Waals surface area contributed by atoms with Crippen LogP contribution in [0, 0.1) is 11.8 Å². The van der Waals surface area contributed by atoms with E-state index in [1.54, 1.807) is 0 Å². The van der Waals surface area contributed by atoms with Crippen molar-refractivity contribution in [1.29, 1.82) is 0 Å². The summed E-state index contributed by atoms with van der Waals surface area (Å²) in [4.78, 5) is 4.79. The molecule has 0 radical (unpaired) electrons. The van der Waals surface area contributed by atoms with Crippen molar-refractivity contribution in [3.05, 3.63) is 11.7 Å². The molecule has 3 aliphatic rings. The first-order chi connectivity index (χ1) is 9.83. The predicted octanol–water partition coefficient (Wildman–Crippen LogP) is 3.22. The average Bonchev–Trinajstić information content (AvgIpc) is 3.23. The van der Waals surface area contributed by atoms with Crippen molar-refractivity contribution in [2.45, 2.75) is 69.2 Å². The van der Waals surface area contributed by atoms with Gasteiger partial charge in [-0.3, -0.25) is 0 Å². The zero-order valence-corrected chi connectivity index (χ0v) is 12.3. The first-order valence-corrected chi connectivity index (χ1v) is 8.34. The molecule has 2 bridgehead atoms. The molecule has 1 N–H and O–H groups in total. The van der Waals surface area contributed by atoms with Crippen LogP contribution in [0.2, 0.25) is 0 Å². The molecule has 3 saturated carbocycles. The van der Waals surface area contributed by atoms with Crippen LogP contribution in [0.3, 0.4) is 0 Å². The summed E-state index contributed by atoms with van der Waals surface area (Å²) in [5.74, 6) is 4.81. The van der Waals surface area contributed by atoms with E-state index in [0.717, 1.165) is 23.6 Å². The Morgan fingerprint density at radius 1 is 1.05 bits per heavy atom. The van der Waals surface area contributed by atoms with Crippen LogP contribution in [0.25, 0.3) is 0 Å². The van der Waals surface area contributed by atoms with Gasteiger partial charge in [0.15, 0.2) is 5.82 Å². The molecule has 1 heterocycles. The summed E-state index contributed by atoms with van der Waals surface area (Å²) < 4.78 is 5.61. The van der Waals surface area contributed by atoms with Gasteiger partial charge in [0, 0.05) is 17.9 Å². The number of fused-ring (bicyclic) bond motifs is 2. The molecule has 4 rings (SSSR count). The van der Waals surface area contributed by atoms with E-state index in [9.17, 15) is 0 Å². The summed E-state index contributed by atoms with van der Waals surface area (Å²) in [7, 11) is 2.06. The molecule has 3 fully saturated rings. The molecule has 1 aromatic rings. The Labute approximate surface area is 120 Å². The molecule has 4 heteroatoms. The monoisotopic (exact) mass is 275 g/mol. The molecule has 3 aliphatic carbocycles. The van der Waals surface area contributed by atoms with Crippen LogP contribution in [0.5, 0.6) is 0 Å². The van der Waals surface area contributed by atoms with Gasteiger partial charge >= 0.3 is 0 Å². The second-order valence-electron chi connectivity index (χ2n) is 7.11. The van der Waals surface area contributed by atoms with Crippen LogP contribution >= 0.6 is 0 Å². The molecule has 20 heavy (non-hydrogen) atoms. The standard InChI is InChI=1S/C16H25N3O/c1-17-13-6-4-11(5-7-13)16-18-15(19-20-16)14-9-10-2-3-12(14)8-10/h10-14,17H,2-9H2,1H3. The quantitative estimate of drug-likeness (QED) is 0.920. The maximum atomic E-state index is 5.61. The fraction of sp³-hybridized carbons (Fsp3) is 0.875.